The molecule has 102 valence electrons. The van der Waals surface area contributed by atoms with Crippen molar-refractivity contribution < 1.29 is 5.11 Å². The van der Waals surface area contributed by atoms with Crippen LogP contribution < -0.4 is 15.1 Å². The summed E-state index contributed by atoms with van der Waals surface area (Å²) in [5.41, 5.74) is 0. The highest BCUT2D eigenvalue weighted by Crippen LogP contribution is 2.13. The molecule has 18 heavy (non-hydrogen) atoms. The van der Waals surface area contributed by atoms with Gasteiger partial charge in [-0.3, -0.25) is 0 Å². The van der Waals surface area contributed by atoms with Crippen LogP contribution in [0.25, 0.3) is 0 Å². The Balaban J connectivity index is 2.76. The molecule has 0 spiro atoms. The molecule has 1 rings (SSSR count). The second-order valence-corrected chi connectivity index (χ2v) is 4.41. The number of anilines is 3. The van der Waals surface area contributed by atoms with E-state index in [4.69, 9.17) is 5.11 Å². The summed E-state index contributed by atoms with van der Waals surface area (Å²) < 4.78 is 0. The molecule has 7 heteroatoms. The lowest BCUT2D eigenvalue weighted by atomic mass is 10.3. The van der Waals surface area contributed by atoms with Crippen molar-refractivity contribution >= 4 is 17.8 Å². The Labute approximate surface area is 108 Å². The normalized spacial score (nSPS) is 10.3. The molecule has 1 aromatic heterocycles. The smallest absolute Gasteiger partial charge is 0.231 e. The van der Waals surface area contributed by atoms with E-state index in [0.717, 1.165) is 19.4 Å². The van der Waals surface area contributed by atoms with Crippen LogP contribution in [0.1, 0.15) is 12.8 Å². The van der Waals surface area contributed by atoms with E-state index in [1.807, 2.05) is 38.0 Å². The standard InChI is InChI=1S/C11H22N6O/c1-16(2)10-13-9(12-7-5-6-8-18)14-11(15-10)17(3)4/h18H,5-8H2,1-4H3,(H,12,13,14,15). The monoisotopic (exact) mass is 254 g/mol. The average Bonchev–Trinajstić information content (AvgIpc) is 2.34. The van der Waals surface area contributed by atoms with Crippen LogP contribution in [0.4, 0.5) is 17.8 Å². The first-order valence-electron chi connectivity index (χ1n) is 6.00. The third kappa shape index (κ3) is 4.33. The number of nitrogens with one attached hydrogen (secondary N) is 1. The zero-order chi connectivity index (χ0) is 13.5. The van der Waals surface area contributed by atoms with Crippen molar-refractivity contribution in [3.63, 3.8) is 0 Å². The summed E-state index contributed by atoms with van der Waals surface area (Å²) in [4.78, 5) is 16.6. The third-order valence-corrected chi connectivity index (χ3v) is 2.28. The number of hydrogen-bond acceptors (Lipinski definition) is 7. The molecule has 1 aromatic rings. The molecule has 0 amide bonds. The molecule has 0 aromatic carbocycles. The van der Waals surface area contributed by atoms with E-state index in [9.17, 15) is 0 Å². The highest BCUT2D eigenvalue weighted by Gasteiger charge is 2.08. The van der Waals surface area contributed by atoms with Crippen molar-refractivity contribution in [2.45, 2.75) is 12.8 Å². The minimum absolute atomic E-state index is 0.213. The van der Waals surface area contributed by atoms with E-state index in [-0.39, 0.29) is 6.61 Å². The van der Waals surface area contributed by atoms with E-state index < -0.39 is 0 Å². The summed E-state index contributed by atoms with van der Waals surface area (Å²) >= 11 is 0. The number of rotatable bonds is 7. The van der Waals surface area contributed by atoms with Gasteiger partial charge in [0.05, 0.1) is 0 Å². The largest absolute Gasteiger partial charge is 0.396 e. The predicted octanol–water partition coefficient (Wildman–Crippen LogP) is 0.188. The van der Waals surface area contributed by atoms with Gasteiger partial charge in [-0.1, -0.05) is 0 Å². The van der Waals surface area contributed by atoms with E-state index >= 15 is 0 Å². The molecule has 0 unspecified atom stereocenters. The highest BCUT2D eigenvalue weighted by molar-refractivity contribution is 5.43. The maximum atomic E-state index is 8.71. The van der Waals surface area contributed by atoms with Crippen molar-refractivity contribution in [3.8, 4) is 0 Å². The molecular weight excluding hydrogens is 232 g/mol. The minimum Gasteiger partial charge on any atom is -0.396 e. The van der Waals surface area contributed by atoms with Gasteiger partial charge >= 0.3 is 0 Å². The molecule has 0 radical (unpaired) electrons. The zero-order valence-corrected chi connectivity index (χ0v) is 11.5. The Bertz CT molecular complexity index is 342. The molecule has 0 saturated carbocycles. The number of aliphatic hydroxyl groups is 1. The maximum Gasteiger partial charge on any atom is 0.231 e. The SMILES string of the molecule is CN(C)c1nc(NCCCCO)nc(N(C)C)n1. The van der Waals surface area contributed by atoms with Crippen LogP contribution in [-0.4, -0.2) is 61.4 Å². The second-order valence-electron chi connectivity index (χ2n) is 4.41. The zero-order valence-electron chi connectivity index (χ0n) is 11.5. The van der Waals surface area contributed by atoms with Crippen molar-refractivity contribution in [1.29, 1.82) is 0 Å². The summed E-state index contributed by atoms with van der Waals surface area (Å²) in [6.07, 6.45) is 1.66. The molecule has 0 aliphatic heterocycles. The van der Waals surface area contributed by atoms with Crippen molar-refractivity contribution in [2.75, 3.05) is 56.5 Å². The summed E-state index contributed by atoms with van der Waals surface area (Å²) in [6, 6.07) is 0. The second kappa shape index (κ2) is 6.95. The van der Waals surface area contributed by atoms with Crippen LogP contribution in [0.3, 0.4) is 0 Å². The lowest BCUT2D eigenvalue weighted by molar-refractivity contribution is 0.286. The van der Waals surface area contributed by atoms with Gasteiger partial charge in [-0.15, -0.1) is 0 Å². The van der Waals surface area contributed by atoms with Crippen molar-refractivity contribution in [3.05, 3.63) is 0 Å². The number of nitrogens with zero attached hydrogens (tertiary/aromatic N) is 5. The van der Waals surface area contributed by atoms with Crippen LogP contribution in [0.2, 0.25) is 0 Å². The first-order valence-corrected chi connectivity index (χ1v) is 6.00. The topological polar surface area (TPSA) is 77.4 Å². The fourth-order valence-electron chi connectivity index (χ4n) is 1.27. The quantitative estimate of drug-likeness (QED) is 0.672. The van der Waals surface area contributed by atoms with Gasteiger partial charge in [-0.2, -0.15) is 15.0 Å². The van der Waals surface area contributed by atoms with E-state index in [2.05, 4.69) is 20.3 Å². The average molecular weight is 254 g/mol. The number of hydrogen-bond donors (Lipinski definition) is 2. The van der Waals surface area contributed by atoms with Crippen molar-refractivity contribution in [1.82, 2.24) is 15.0 Å². The Morgan fingerprint density at radius 1 is 0.944 bits per heavy atom. The molecule has 1 heterocycles. The van der Waals surface area contributed by atoms with Gasteiger partial charge in [0.1, 0.15) is 0 Å². The number of aliphatic hydroxyl groups excluding tert-OH is 1. The van der Waals surface area contributed by atoms with Crippen molar-refractivity contribution in [2.24, 2.45) is 0 Å². The molecule has 7 nitrogen and oxygen atoms in total. The summed E-state index contributed by atoms with van der Waals surface area (Å²) in [7, 11) is 7.57. The van der Waals surface area contributed by atoms with Gasteiger partial charge in [-0.25, -0.2) is 0 Å². The number of aromatic nitrogens is 3. The molecule has 0 fully saturated rings. The maximum absolute atomic E-state index is 8.71. The Hall–Kier alpha value is -1.63. The van der Waals surface area contributed by atoms with E-state index in [1.165, 1.54) is 0 Å². The summed E-state index contributed by atoms with van der Waals surface area (Å²) in [5, 5.41) is 11.9. The van der Waals surface area contributed by atoms with Crippen LogP contribution in [0.5, 0.6) is 0 Å². The molecule has 0 bridgehead atoms. The Morgan fingerprint density at radius 2 is 1.50 bits per heavy atom. The minimum atomic E-state index is 0.213. The Kier molecular flexibility index (Phi) is 5.57. The molecule has 0 atom stereocenters. The third-order valence-electron chi connectivity index (χ3n) is 2.28. The predicted molar refractivity (Wildman–Crippen MR) is 73.3 cm³/mol. The fourth-order valence-corrected chi connectivity index (χ4v) is 1.27. The van der Waals surface area contributed by atoms with Crippen LogP contribution in [0, 0.1) is 0 Å². The first kappa shape index (κ1) is 14.4. The highest BCUT2D eigenvalue weighted by atomic mass is 16.2. The lowest BCUT2D eigenvalue weighted by Gasteiger charge is -2.16. The lowest BCUT2D eigenvalue weighted by Crippen LogP contribution is -2.20. The first-order chi connectivity index (χ1) is 8.54. The van der Waals surface area contributed by atoms with Gasteiger partial charge in [0.25, 0.3) is 0 Å². The molecular formula is C11H22N6O. The van der Waals surface area contributed by atoms with Gasteiger partial charge in [0.15, 0.2) is 0 Å². The number of unbranched alkanes of at least 4 members (excludes halogenated alkanes) is 1. The Morgan fingerprint density at radius 3 is 1.94 bits per heavy atom. The molecule has 0 aliphatic carbocycles. The molecule has 2 N–H and O–H groups in total. The van der Waals surface area contributed by atoms with Crippen LogP contribution in [-0.2, 0) is 0 Å². The fraction of sp³-hybridized carbons (Fsp3) is 0.727. The van der Waals surface area contributed by atoms with Crippen LogP contribution >= 0.6 is 0 Å². The van der Waals surface area contributed by atoms with E-state index in [0.29, 0.717) is 17.8 Å². The summed E-state index contributed by atoms with van der Waals surface area (Å²) in [6.45, 7) is 0.953. The van der Waals surface area contributed by atoms with Gasteiger partial charge < -0.3 is 20.2 Å². The van der Waals surface area contributed by atoms with Gasteiger partial charge in [0, 0.05) is 41.3 Å². The summed E-state index contributed by atoms with van der Waals surface area (Å²) in [5.74, 6) is 1.81. The van der Waals surface area contributed by atoms with Gasteiger partial charge in [0.2, 0.25) is 17.8 Å². The van der Waals surface area contributed by atoms with E-state index in [1.54, 1.807) is 0 Å². The van der Waals surface area contributed by atoms with Gasteiger partial charge in [-0.05, 0) is 12.8 Å². The van der Waals surface area contributed by atoms with Crippen LogP contribution in [0.15, 0.2) is 0 Å². The molecule has 0 aliphatic rings. The molecule has 0 saturated heterocycles.